The topological polar surface area (TPSA) is 94.7 Å². The predicted octanol–water partition coefficient (Wildman–Crippen LogP) is 2.23. The number of benzene rings is 1. The van der Waals surface area contributed by atoms with Crippen LogP contribution in [0.4, 0.5) is 16.3 Å². The number of hydrogen-bond acceptors (Lipinski definition) is 7. The Balaban J connectivity index is 1.46. The summed E-state index contributed by atoms with van der Waals surface area (Å²) in [5.41, 5.74) is 4.12. The third-order valence-electron chi connectivity index (χ3n) is 7.00. The molecule has 34 heavy (non-hydrogen) atoms. The number of nitrogens with zero attached hydrogens (tertiary/aromatic N) is 4. The molecule has 1 aromatic carbocycles. The maximum atomic E-state index is 11.8. The fraction of sp³-hybridized carbons (Fsp3) is 0.560. The van der Waals surface area contributed by atoms with Gasteiger partial charge in [-0.15, -0.1) is 0 Å². The molecule has 0 bridgehead atoms. The van der Waals surface area contributed by atoms with Gasteiger partial charge in [0, 0.05) is 55.6 Å². The molecule has 1 aromatic heterocycles. The number of carbonyl (C=O) groups excluding carboxylic acids is 1. The minimum Gasteiger partial charge on any atom is -0.377 e. The minimum absolute atomic E-state index is 0.203. The van der Waals surface area contributed by atoms with Gasteiger partial charge in [0.05, 0.1) is 24.9 Å². The molecule has 2 saturated heterocycles. The third-order valence-corrected chi connectivity index (χ3v) is 7.00. The second kappa shape index (κ2) is 10.2. The number of urea groups is 1. The third kappa shape index (κ3) is 4.87. The summed E-state index contributed by atoms with van der Waals surface area (Å²) in [5.74, 6) is 1.80. The molecule has 2 atom stereocenters. The zero-order valence-electron chi connectivity index (χ0n) is 20.1. The van der Waals surface area contributed by atoms with Crippen LogP contribution in [-0.4, -0.2) is 78.9 Å². The number of nitrogens with one attached hydrogen (secondary N) is 3. The molecule has 1 unspecified atom stereocenters. The van der Waals surface area contributed by atoms with Crippen LogP contribution in [0.5, 0.6) is 0 Å². The molecule has 9 nitrogen and oxygen atoms in total. The molecule has 0 aliphatic carbocycles. The summed E-state index contributed by atoms with van der Waals surface area (Å²) in [6, 6.07) is 8.43. The van der Waals surface area contributed by atoms with E-state index in [9.17, 15) is 4.79 Å². The quantitative estimate of drug-likeness (QED) is 0.623. The Morgan fingerprint density at radius 3 is 2.82 bits per heavy atom. The van der Waals surface area contributed by atoms with Crippen LogP contribution in [0.15, 0.2) is 24.3 Å². The smallest absolute Gasteiger partial charge is 0.319 e. The largest absolute Gasteiger partial charge is 0.377 e. The van der Waals surface area contributed by atoms with Crippen molar-refractivity contribution in [3.8, 4) is 11.4 Å². The standard InChI is InChI=1S/C25H35N7O2/c1-3-27-25(33)28-19-6-4-18(5-7-19)23-29-22-15-31(20-8-10-26-14-20)11-9-21(22)24(30-23)32-12-13-34-16-17(32)2/h4-7,17,20,26H,3,8-16H2,1-2H3,(H2,27,28,33)/t17-,20?/m0/s1. The predicted molar refractivity (Wildman–Crippen MR) is 133 cm³/mol. The maximum absolute atomic E-state index is 11.8. The Morgan fingerprint density at radius 1 is 1.24 bits per heavy atom. The average molecular weight is 466 g/mol. The molecule has 4 heterocycles. The first-order valence-electron chi connectivity index (χ1n) is 12.5. The molecule has 0 saturated carbocycles. The first kappa shape index (κ1) is 23.0. The van der Waals surface area contributed by atoms with E-state index in [1.807, 2.05) is 31.2 Å². The van der Waals surface area contributed by atoms with Crippen molar-refractivity contribution in [2.75, 3.05) is 56.2 Å². The van der Waals surface area contributed by atoms with Crippen LogP contribution >= 0.6 is 0 Å². The molecule has 2 amide bonds. The number of fused-ring (bicyclic) bond motifs is 1. The molecule has 182 valence electrons. The first-order chi connectivity index (χ1) is 16.6. The van der Waals surface area contributed by atoms with Crippen molar-refractivity contribution in [1.82, 2.24) is 25.5 Å². The molecule has 9 heteroatoms. The summed E-state index contributed by atoms with van der Waals surface area (Å²) < 4.78 is 5.70. The number of anilines is 2. The lowest BCUT2D eigenvalue weighted by molar-refractivity contribution is 0.0982. The number of aromatic nitrogens is 2. The van der Waals surface area contributed by atoms with Gasteiger partial charge in [-0.05, 0) is 57.5 Å². The van der Waals surface area contributed by atoms with Gasteiger partial charge in [0.15, 0.2) is 5.82 Å². The van der Waals surface area contributed by atoms with E-state index in [0.29, 0.717) is 19.2 Å². The Morgan fingerprint density at radius 2 is 2.09 bits per heavy atom. The molecule has 3 aliphatic heterocycles. The van der Waals surface area contributed by atoms with Gasteiger partial charge in [-0.25, -0.2) is 14.8 Å². The van der Waals surface area contributed by atoms with E-state index in [4.69, 9.17) is 14.7 Å². The molecule has 2 fully saturated rings. The summed E-state index contributed by atoms with van der Waals surface area (Å²) in [5, 5.41) is 9.10. The summed E-state index contributed by atoms with van der Waals surface area (Å²) in [7, 11) is 0. The molecule has 3 aliphatic rings. The second-order valence-corrected chi connectivity index (χ2v) is 9.34. The van der Waals surface area contributed by atoms with Crippen molar-refractivity contribution in [2.24, 2.45) is 0 Å². The van der Waals surface area contributed by atoms with Gasteiger partial charge < -0.3 is 25.6 Å². The maximum Gasteiger partial charge on any atom is 0.319 e. The lowest BCUT2D eigenvalue weighted by Gasteiger charge is -2.38. The normalized spacial score (nSPS) is 22.9. The van der Waals surface area contributed by atoms with Crippen LogP contribution in [-0.2, 0) is 17.7 Å². The summed E-state index contributed by atoms with van der Waals surface area (Å²) in [4.78, 5) is 27.0. The highest BCUT2D eigenvalue weighted by molar-refractivity contribution is 5.89. The van der Waals surface area contributed by atoms with Gasteiger partial charge in [0.2, 0.25) is 0 Å². The van der Waals surface area contributed by atoms with Crippen molar-refractivity contribution in [2.45, 2.75) is 45.3 Å². The van der Waals surface area contributed by atoms with Crippen LogP contribution < -0.4 is 20.9 Å². The van der Waals surface area contributed by atoms with Gasteiger partial charge in [-0.1, -0.05) is 0 Å². The van der Waals surface area contributed by atoms with Crippen LogP contribution in [0.3, 0.4) is 0 Å². The SMILES string of the molecule is CCNC(=O)Nc1ccc(-c2nc3c(c(N4CCOC[C@@H]4C)n2)CCN(C2CCNC2)C3)cc1. The zero-order chi connectivity index (χ0) is 23.5. The highest BCUT2D eigenvalue weighted by atomic mass is 16.5. The number of ether oxygens (including phenoxy) is 1. The average Bonchev–Trinajstić information content (AvgIpc) is 3.39. The van der Waals surface area contributed by atoms with Crippen LogP contribution in [0, 0.1) is 0 Å². The van der Waals surface area contributed by atoms with E-state index in [1.54, 1.807) is 0 Å². The van der Waals surface area contributed by atoms with E-state index in [0.717, 1.165) is 74.3 Å². The number of rotatable bonds is 5. The fourth-order valence-corrected chi connectivity index (χ4v) is 5.14. The number of carbonyl (C=O) groups is 1. The van der Waals surface area contributed by atoms with Crippen LogP contribution in [0.25, 0.3) is 11.4 Å². The first-order valence-corrected chi connectivity index (χ1v) is 12.5. The number of hydrogen-bond donors (Lipinski definition) is 3. The van der Waals surface area contributed by atoms with E-state index in [-0.39, 0.29) is 12.1 Å². The van der Waals surface area contributed by atoms with Crippen molar-refractivity contribution in [3.63, 3.8) is 0 Å². The molecule has 2 aromatic rings. The highest BCUT2D eigenvalue weighted by Crippen LogP contribution is 2.32. The Bertz CT molecular complexity index is 1010. The van der Waals surface area contributed by atoms with Crippen LogP contribution in [0.2, 0.25) is 0 Å². The van der Waals surface area contributed by atoms with E-state index in [2.05, 4.69) is 32.7 Å². The zero-order valence-corrected chi connectivity index (χ0v) is 20.1. The summed E-state index contributed by atoms with van der Waals surface area (Å²) in [6.07, 6.45) is 2.17. The van der Waals surface area contributed by atoms with E-state index in [1.165, 1.54) is 12.0 Å². The molecular weight excluding hydrogens is 430 g/mol. The Kier molecular flexibility index (Phi) is 6.94. The molecule has 5 rings (SSSR count). The lowest BCUT2D eigenvalue weighted by atomic mass is 10.0. The van der Waals surface area contributed by atoms with Gasteiger partial charge in [-0.2, -0.15) is 0 Å². The van der Waals surface area contributed by atoms with E-state index < -0.39 is 0 Å². The Labute approximate surface area is 201 Å². The van der Waals surface area contributed by atoms with Crippen molar-refractivity contribution >= 4 is 17.5 Å². The van der Waals surface area contributed by atoms with Crippen molar-refractivity contribution in [3.05, 3.63) is 35.5 Å². The van der Waals surface area contributed by atoms with Crippen LogP contribution in [0.1, 0.15) is 31.5 Å². The lowest BCUT2D eigenvalue weighted by Crippen LogP contribution is -2.46. The second-order valence-electron chi connectivity index (χ2n) is 9.34. The fourth-order valence-electron chi connectivity index (χ4n) is 5.14. The van der Waals surface area contributed by atoms with E-state index >= 15 is 0 Å². The van der Waals surface area contributed by atoms with Gasteiger partial charge in [0.25, 0.3) is 0 Å². The molecule has 0 radical (unpaired) electrons. The number of amides is 2. The summed E-state index contributed by atoms with van der Waals surface area (Å²) >= 11 is 0. The summed E-state index contributed by atoms with van der Waals surface area (Å²) in [6.45, 7) is 11.0. The highest BCUT2D eigenvalue weighted by Gasteiger charge is 2.31. The Hall–Kier alpha value is -2.75. The minimum atomic E-state index is -0.203. The van der Waals surface area contributed by atoms with Gasteiger partial charge in [-0.3, -0.25) is 4.90 Å². The van der Waals surface area contributed by atoms with Gasteiger partial charge >= 0.3 is 6.03 Å². The van der Waals surface area contributed by atoms with Crippen molar-refractivity contribution in [1.29, 1.82) is 0 Å². The molecular formula is C25H35N7O2. The molecule has 3 N–H and O–H groups in total. The monoisotopic (exact) mass is 465 g/mol. The number of morpholine rings is 1. The van der Waals surface area contributed by atoms with Gasteiger partial charge in [0.1, 0.15) is 5.82 Å². The molecule has 0 spiro atoms. The van der Waals surface area contributed by atoms with Crippen molar-refractivity contribution < 1.29 is 9.53 Å².